The fourth-order valence-corrected chi connectivity index (χ4v) is 2.05. The zero-order chi connectivity index (χ0) is 15.3. The highest BCUT2D eigenvalue weighted by Gasteiger charge is 2.11. The van der Waals surface area contributed by atoms with Gasteiger partial charge < -0.3 is 10.6 Å². The van der Waals surface area contributed by atoms with E-state index < -0.39 is 15.8 Å². The quantitative estimate of drug-likeness (QED) is 0.723. The van der Waals surface area contributed by atoms with Crippen molar-refractivity contribution in [2.24, 2.45) is 5.14 Å². The number of carbonyl (C=O) groups excluding carboxylic acids is 1. The van der Waals surface area contributed by atoms with E-state index in [1.54, 1.807) is 0 Å². The molecule has 1 amide bonds. The van der Waals surface area contributed by atoms with Gasteiger partial charge in [-0.1, -0.05) is 0 Å². The van der Waals surface area contributed by atoms with E-state index >= 15 is 0 Å². The third-order valence-corrected chi connectivity index (χ3v) is 3.30. The number of hydrogen-bond donors (Lipinski definition) is 3. The van der Waals surface area contributed by atoms with Gasteiger partial charge >= 0.3 is 0 Å². The largest absolute Gasteiger partial charge is 0.382 e. The molecular formula is C12H18FN3O3S. The van der Waals surface area contributed by atoms with E-state index in [0.29, 0.717) is 0 Å². The minimum atomic E-state index is -3.92. The zero-order valence-electron chi connectivity index (χ0n) is 11.3. The van der Waals surface area contributed by atoms with Crippen molar-refractivity contribution in [2.45, 2.75) is 31.2 Å². The van der Waals surface area contributed by atoms with Crippen LogP contribution in [0.3, 0.4) is 0 Å². The van der Waals surface area contributed by atoms with Gasteiger partial charge in [0.05, 0.1) is 10.6 Å². The predicted octanol–water partition coefficient (Wildman–Crippen LogP) is 0.800. The lowest BCUT2D eigenvalue weighted by Crippen LogP contribution is -2.31. The summed E-state index contributed by atoms with van der Waals surface area (Å²) in [6, 6.07) is 3.37. The van der Waals surface area contributed by atoms with Crippen LogP contribution in [0.1, 0.15) is 20.3 Å². The molecule has 112 valence electrons. The highest BCUT2D eigenvalue weighted by Crippen LogP contribution is 2.17. The number of nitrogens with two attached hydrogens (primary N) is 1. The van der Waals surface area contributed by atoms with Crippen molar-refractivity contribution in [1.82, 2.24) is 5.32 Å². The topological polar surface area (TPSA) is 101 Å². The molecule has 0 bridgehead atoms. The smallest absolute Gasteiger partial charge is 0.238 e. The Morgan fingerprint density at radius 2 is 2.05 bits per heavy atom. The number of anilines is 1. The van der Waals surface area contributed by atoms with Crippen LogP contribution in [0.25, 0.3) is 0 Å². The number of nitrogens with one attached hydrogen (secondary N) is 2. The molecule has 1 aromatic carbocycles. The molecule has 0 unspecified atom stereocenters. The SMILES string of the molecule is CC(C)NC(=O)CCNc1ccc(S(N)(=O)=O)cc1F. The summed E-state index contributed by atoms with van der Waals surface area (Å²) in [5, 5.41) is 10.3. The fraction of sp³-hybridized carbons (Fsp3) is 0.417. The van der Waals surface area contributed by atoms with E-state index in [-0.39, 0.29) is 35.5 Å². The number of sulfonamides is 1. The molecule has 1 aromatic rings. The maximum absolute atomic E-state index is 13.6. The molecule has 4 N–H and O–H groups in total. The Morgan fingerprint density at radius 3 is 2.55 bits per heavy atom. The summed E-state index contributed by atoms with van der Waals surface area (Å²) in [4.78, 5) is 11.1. The number of primary sulfonamides is 1. The molecule has 0 saturated heterocycles. The molecule has 20 heavy (non-hydrogen) atoms. The monoisotopic (exact) mass is 303 g/mol. The minimum absolute atomic E-state index is 0.0493. The molecule has 8 heteroatoms. The van der Waals surface area contributed by atoms with Gasteiger partial charge in [0.2, 0.25) is 15.9 Å². The first-order valence-electron chi connectivity index (χ1n) is 6.05. The first-order chi connectivity index (χ1) is 9.20. The normalized spacial score (nSPS) is 11.4. The second-order valence-electron chi connectivity index (χ2n) is 4.59. The zero-order valence-corrected chi connectivity index (χ0v) is 12.1. The number of carbonyl (C=O) groups is 1. The maximum atomic E-state index is 13.6. The summed E-state index contributed by atoms with van der Waals surface area (Å²) in [5.41, 5.74) is 0.120. The Bertz CT molecular complexity index is 588. The Hall–Kier alpha value is -1.67. The Kier molecular flexibility index (Phi) is 5.46. The molecule has 0 saturated carbocycles. The third kappa shape index (κ3) is 5.14. The van der Waals surface area contributed by atoms with Gasteiger partial charge in [-0.3, -0.25) is 4.79 Å². The third-order valence-electron chi connectivity index (χ3n) is 2.39. The van der Waals surface area contributed by atoms with E-state index in [1.807, 2.05) is 13.8 Å². The van der Waals surface area contributed by atoms with Gasteiger partial charge in [-0.05, 0) is 32.0 Å². The average molecular weight is 303 g/mol. The minimum Gasteiger partial charge on any atom is -0.382 e. The molecule has 0 atom stereocenters. The van der Waals surface area contributed by atoms with Crippen LogP contribution in [0.4, 0.5) is 10.1 Å². The van der Waals surface area contributed by atoms with Crippen molar-refractivity contribution in [3.63, 3.8) is 0 Å². The highest BCUT2D eigenvalue weighted by atomic mass is 32.2. The van der Waals surface area contributed by atoms with Crippen LogP contribution in [0.2, 0.25) is 0 Å². The molecule has 6 nitrogen and oxygen atoms in total. The molecular weight excluding hydrogens is 285 g/mol. The number of halogens is 1. The molecule has 0 fully saturated rings. The maximum Gasteiger partial charge on any atom is 0.238 e. The van der Waals surface area contributed by atoms with Crippen molar-refractivity contribution in [1.29, 1.82) is 0 Å². The van der Waals surface area contributed by atoms with Crippen molar-refractivity contribution in [2.75, 3.05) is 11.9 Å². The molecule has 1 rings (SSSR count). The lowest BCUT2D eigenvalue weighted by atomic mass is 10.3. The second kappa shape index (κ2) is 6.67. The van der Waals surface area contributed by atoms with Gasteiger partial charge in [0.25, 0.3) is 0 Å². The lowest BCUT2D eigenvalue weighted by Gasteiger charge is -2.10. The molecule has 0 heterocycles. The van der Waals surface area contributed by atoms with Gasteiger partial charge in [-0.2, -0.15) is 0 Å². The van der Waals surface area contributed by atoms with E-state index in [2.05, 4.69) is 10.6 Å². The van der Waals surface area contributed by atoms with Gasteiger partial charge in [-0.15, -0.1) is 0 Å². The van der Waals surface area contributed by atoms with Gasteiger partial charge in [0.1, 0.15) is 5.82 Å². The average Bonchev–Trinajstić information content (AvgIpc) is 2.28. The van der Waals surface area contributed by atoms with E-state index in [1.165, 1.54) is 12.1 Å². The van der Waals surface area contributed by atoms with Crippen molar-refractivity contribution in [3.8, 4) is 0 Å². The van der Waals surface area contributed by atoms with Gasteiger partial charge in [0, 0.05) is 19.0 Å². The molecule has 0 aromatic heterocycles. The summed E-state index contributed by atoms with van der Waals surface area (Å²) in [7, 11) is -3.92. The van der Waals surface area contributed by atoms with Crippen molar-refractivity contribution in [3.05, 3.63) is 24.0 Å². The highest BCUT2D eigenvalue weighted by molar-refractivity contribution is 7.89. The second-order valence-corrected chi connectivity index (χ2v) is 6.15. The standard InChI is InChI=1S/C12H18FN3O3S/c1-8(2)16-12(17)5-6-15-11-4-3-9(7-10(11)13)20(14,18)19/h3-4,7-8,15H,5-6H2,1-2H3,(H,16,17)(H2,14,18,19). The van der Waals surface area contributed by atoms with E-state index in [9.17, 15) is 17.6 Å². The van der Waals surface area contributed by atoms with Crippen molar-refractivity contribution >= 4 is 21.6 Å². The summed E-state index contributed by atoms with van der Waals surface area (Å²) in [6.07, 6.45) is 0.189. The van der Waals surface area contributed by atoms with Crippen molar-refractivity contribution < 1.29 is 17.6 Å². The molecule has 0 aliphatic heterocycles. The van der Waals surface area contributed by atoms with Gasteiger partial charge in [-0.25, -0.2) is 17.9 Å². The van der Waals surface area contributed by atoms with E-state index in [0.717, 1.165) is 6.07 Å². The summed E-state index contributed by atoms with van der Waals surface area (Å²) in [6.45, 7) is 3.93. The fourth-order valence-electron chi connectivity index (χ4n) is 1.52. The number of benzene rings is 1. The van der Waals surface area contributed by atoms with E-state index in [4.69, 9.17) is 5.14 Å². The van der Waals surface area contributed by atoms with Crippen LogP contribution in [0, 0.1) is 5.82 Å². The summed E-state index contributed by atoms with van der Waals surface area (Å²) >= 11 is 0. The van der Waals surface area contributed by atoms with Crippen LogP contribution in [-0.2, 0) is 14.8 Å². The Balaban J connectivity index is 2.60. The number of rotatable bonds is 6. The predicted molar refractivity (Wildman–Crippen MR) is 74.2 cm³/mol. The van der Waals surface area contributed by atoms with Crippen LogP contribution in [0.15, 0.2) is 23.1 Å². The summed E-state index contributed by atoms with van der Waals surface area (Å²) < 4.78 is 35.7. The summed E-state index contributed by atoms with van der Waals surface area (Å²) in [5.74, 6) is -0.880. The first kappa shape index (κ1) is 16.4. The Labute approximate surface area is 117 Å². The lowest BCUT2D eigenvalue weighted by molar-refractivity contribution is -0.121. The first-order valence-corrected chi connectivity index (χ1v) is 7.60. The van der Waals surface area contributed by atoms with Crippen LogP contribution < -0.4 is 15.8 Å². The van der Waals surface area contributed by atoms with Crippen LogP contribution in [0.5, 0.6) is 0 Å². The molecule has 0 aliphatic rings. The van der Waals surface area contributed by atoms with Crippen LogP contribution >= 0.6 is 0 Å². The number of amides is 1. The number of hydrogen-bond acceptors (Lipinski definition) is 4. The van der Waals surface area contributed by atoms with Crippen LogP contribution in [-0.4, -0.2) is 26.9 Å². The molecule has 0 radical (unpaired) electrons. The molecule has 0 aliphatic carbocycles. The Morgan fingerprint density at radius 1 is 1.40 bits per heavy atom. The molecule has 0 spiro atoms. The van der Waals surface area contributed by atoms with Gasteiger partial charge in [0.15, 0.2) is 0 Å².